The molecule has 2 amide bonds. The summed E-state index contributed by atoms with van der Waals surface area (Å²) in [6.07, 6.45) is 1.21. The quantitative estimate of drug-likeness (QED) is 0.669. The average molecular weight is 396 g/mol. The second-order valence-electron chi connectivity index (χ2n) is 6.90. The van der Waals surface area contributed by atoms with Crippen LogP contribution in [0.25, 0.3) is 0 Å². The first-order chi connectivity index (χ1) is 14.0. The van der Waals surface area contributed by atoms with Crippen LogP contribution >= 0.6 is 0 Å². The third-order valence-corrected chi connectivity index (χ3v) is 4.86. The molecule has 0 radical (unpaired) electrons. The summed E-state index contributed by atoms with van der Waals surface area (Å²) in [6, 6.07) is 14.2. The van der Waals surface area contributed by atoms with Crippen LogP contribution in [0.3, 0.4) is 0 Å². The number of carbonyl (C=O) groups is 3. The lowest BCUT2D eigenvalue weighted by Crippen LogP contribution is -2.29. The van der Waals surface area contributed by atoms with Gasteiger partial charge in [-0.15, -0.1) is 0 Å². The largest absolute Gasteiger partial charge is 0.497 e. The molecule has 3 rings (SSSR count). The summed E-state index contributed by atoms with van der Waals surface area (Å²) in [6.45, 7) is 0.498. The van der Waals surface area contributed by atoms with E-state index < -0.39 is 5.97 Å². The predicted octanol–water partition coefficient (Wildman–Crippen LogP) is 2.42. The zero-order chi connectivity index (χ0) is 20.8. The van der Waals surface area contributed by atoms with Gasteiger partial charge in [0.1, 0.15) is 5.75 Å². The molecule has 0 spiro atoms. The van der Waals surface area contributed by atoms with E-state index in [0.717, 1.165) is 11.3 Å². The van der Waals surface area contributed by atoms with Crippen molar-refractivity contribution in [3.05, 3.63) is 59.7 Å². The first-order valence-electron chi connectivity index (χ1n) is 9.41. The van der Waals surface area contributed by atoms with Crippen molar-refractivity contribution >= 4 is 23.5 Å². The van der Waals surface area contributed by atoms with E-state index in [1.165, 1.54) is 7.11 Å². The number of hydrogen-bond acceptors (Lipinski definition) is 5. The first-order valence-corrected chi connectivity index (χ1v) is 9.41. The Morgan fingerprint density at radius 2 is 1.76 bits per heavy atom. The van der Waals surface area contributed by atoms with Crippen LogP contribution < -0.4 is 15.4 Å². The standard InChI is InChI=1S/C22H24N2O5/c1-28-17-8-3-5-14(11-17)9-10-23-20(25)18-13-19(18)21(26)24-16-7-4-6-15(12-16)22(27)29-2/h3-8,11-12,18-19H,9-10,13H2,1-2H3,(H,23,25)(H,24,26). The van der Waals surface area contributed by atoms with Crippen LogP contribution in [0, 0.1) is 11.8 Å². The summed E-state index contributed by atoms with van der Waals surface area (Å²) in [5.74, 6) is -0.696. The predicted molar refractivity (Wildman–Crippen MR) is 108 cm³/mol. The van der Waals surface area contributed by atoms with E-state index >= 15 is 0 Å². The lowest BCUT2D eigenvalue weighted by molar-refractivity contribution is -0.125. The second kappa shape index (κ2) is 9.23. The fraction of sp³-hybridized carbons (Fsp3) is 0.318. The molecule has 1 aliphatic carbocycles. The smallest absolute Gasteiger partial charge is 0.337 e. The fourth-order valence-corrected chi connectivity index (χ4v) is 3.14. The number of rotatable bonds is 8. The molecule has 1 aliphatic rings. The van der Waals surface area contributed by atoms with Crippen molar-refractivity contribution in [3.8, 4) is 5.75 Å². The first kappa shape index (κ1) is 20.4. The molecule has 0 heterocycles. The van der Waals surface area contributed by atoms with Gasteiger partial charge in [0.2, 0.25) is 11.8 Å². The molecule has 2 atom stereocenters. The summed E-state index contributed by atoms with van der Waals surface area (Å²) < 4.78 is 9.86. The highest BCUT2D eigenvalue weighted by Crippen LogP contribution is 2.39. The number of carbonyl (C=O) groups excluding carboxylic acids is 3. The third kappa shape index (κ3) is 5.34. The monoisotopic (exact) mass is 396 g/mol. The van der Waals surface area contributed by atoms with Crippen LogP contribution in [0.15, 0.2) is 48.5 Å². The van der Waals surface area contributed by atoms with Gasteiger partial charge in [0.25, 0.3) is 0 Å². The summed E-state index contributed by atoms with van der Waals surface area (Å²) in [7, 11) is 2.92. The molecule has 152 valence electrons. The Balaban J connectivity index is 1.45. The highest BCUT2D eigenvalue weighted by molar-refractivity contribution is 6.00. The van der Waals surface area contributed by atoms with Crippen molar-refractivity contribution in [2.45, 2.75) is 12.8 Å². The molecule has 2 N–H and O–H groups in total. The Morgan fingerprint density at radius 1 is 1.00 bits per heavy atom. The number of hydrogen-bond donors (Lipinski definition) is 2. The maximum absolute atomic E-state index is 12.4. The molecular weight excluding hydrogens is 372 g/mol. The van der Waals surface area contributed by atoms with Gasteiger partial charge in [0.15, 0.2) is 0 Å². The average Bonchev–Trinajstić information content (AvgIpc) is 3.54. The number of benzene rings is 2. The van der Waals surface area contributed by atoms with Gasteiger partial charge in [-0.25, -0.2) is 4.79 Å². The number of amides is 2. The van der Waals surface area contributed by atoms with E-state index in [9.17, 15) is 14.4 Å². The normalized spacial score (nSPS) is 17.2. The molecule has 1 saturated carbocycles. The number of ether oxygens (including phenoxy) is 2. The summed E-state index contributed by atoms with van der Waals surface area (Å²) >= 11 is 0. The van der Waals surface area contributed by atoms with Gasteiger partial charge in [0, 0.05) is 12.2 Å². The Morgan fingerprint density at radius 3 is 2.52 bits per heavy atom. The third-order valence-electron chi connectivity index (χ3n) is 4.86. The minimum atomic E-state index is -0.471. The molecule has 2 aromatic rings. The number of esters is 1. The minimum absolute atomic E-state index is 0.114. The Labute approximate surface area is 169 Å². The van der Waals surface area contributed by atoms with E-state index in [1.807, 2.05) is 24.3 Å². The molecule has 7 nitrogen and oxygen atoms in total. The zero-order valence-corrected chi connectivity index (χ0v) is 16.4. The Bertz CT molecular complexity index is 912. The molecule has 2 unspecified atom stereocenters. The van der Waals surface area contributed by atoms with Crippen molar-refractivity contribution in [2.75, 3.05) is 26.1 Å². The maximum Gasteiger partial charge on any atom is 0.337 e. The van der Waals surface area contributed by atoms with Gasteiger partial charge >= 0.3 is 5.97 Å². The fourth-order valence-electron chi connectivity index (χ4n) is 3.14. The van der Waals surface area contributed by atoms with E-state index in [0.29, 0.717) is 30.6 Å². The van der Waals surface area contributed by atoms with E-state index in [-0.39, 0.29) is 23.7 Å². The van der Waals surface area contributed by atoms with E-state index in [1.54, 1.807) is 31.4 Å². The molecule has 29 heavy (non-hydrogen) atoms. The van der Waals surface area contributed by atoms with Crippen molar-refractivity contribution in [1.29, 1.82) is 0 Å². The van der Waals surface area contributed by atoms with Crippen LogP contribution in [0.2, 0.25) is 0 Å². The van der Waals surface area contributed by atoms with E-state index in [4.69, 9.17) is 4.74 Å². The molecule has 0 aromatic heterocycles. The van der Waals surface area contributed by atoms with Crippen LogP contribution in [0.1, 0.15) is 22.3 Å². The van der Waals surface area contributed by atoms with Gasteiger partial charge in [-0.05, 0) is 48.7 Å². The number of anilines is 1. The molecule has 7 heteroatoms. The lowest BCUT2D eigenvalue weighted by Gasteiger charge is -2.08. The van der Waals surface area contributed by atoms with Gasteiger partial charge in [-0.3, -0.25) is 9.59 Å². The zero-order valence-electron chi connectivity index (χ0n) is 16.4. The van der Waals surface area contributed by atoms with Crippen LogP contribution in [-0.2, 0) is 20.7 Å². The molecule has 0 aliphatic heterocycles. The van der Waals surface area contributed by atoms with Crippen molar-refractivity contribution in [3.63, 3.8) is 0 Å². The second-order valence-corrected chi connectivity index (χ2v) is 6.90. The van der Waals surface area contributed by atoms with Gasteiger partial charge in [-0.1, -0.05) is 18.2 Å². The Hall–Kier alpha value is -3.35. The molecule has 0 bridgehead atoms. The Kier molecular flexibility index (Phi) is 6.49. The van der Waals surface area contributed by atoms with Crippen LogP contribution in [0.4, 0.5) is 5.69 Å². The molecule has 1 fully saturated rings. The SMILES string of the molecule is COC(=O)c1cccc(NC(=O)C2CC2C(=O)NCCc2cccc(OC)c2)c1. The van der Waals surface area contributed by atoms with Crippen LogP contribution in [-0.4, -0.2) is 38.5 Å². The van der Waals surface area contributed by atoms with E-state index in [2.05, 4.69) is 15.4 Å². The van der Waals surface area contributed by atoms with Crippen molar-refractivity contribution in [1.82, 2.24) is 5.32 Å². The summed E-state index contributed by atoms with van der Waals surface area (Å²) in [5, 5.41) is 5.65. The molecule has 0 saturated heterocycles. The topological polar surface area (TPSA) is 93.7 Å². The highest BCUT2D eigenvalue weighted by atomic mass is 16.5. The minimum Gasteiger partial charge on any atom is -0.497 e. The van der Waals surface area contributed by atoms with Crippen molar-refractivity contribution < 1.29 is 23.9 Å². The van der Waals surface area contributed by atoms with Crippen LogP contribution in [0.5, 0.6) is 5.75 Å². The maximum atomic E-state index is 12.4. The van der Waals surface area contributed by atoms with Crippen molar-refractivity contribution in [2.24, 2.45) is 11.8 Å². The lowest BCUT2D eigenvalue weighted by atomic mass is 10.1. The molecule has 2 aromatic carbocycles. The summed E-state index contributed by atoms with van der Waals surface area (Å²) in [5.41, 5.74) is 1.93. The molecular formula is C22H24N2O5. The van der Waals surface area contributed by atoms with Gasteiger partial charge < -0.3 is 20.1 Å². The number of nitrogens with one attached hydrogen (secondary N) is 2. The van der Waals surface area contributed by atoms with Gasteiger partial charge in [-0.2, -0.15) is 0 Å². The summed E-state index contributed by atoms with van der Waals surface area (Å²) in [4.78, 5) is 36.3. The highest BCUT2D eigenvalue weighted by Gasteiger charge is 2.47. The van der Waals surface area contributed by atoms with Gasteiger partial charge in [0.05, 0.1) is 31.6 Å². The number of methoxy groups -OCH3 is 2.